The molecule has 1 N–H and O–H groups in total. The molecule has 0 saturated carbocycles. The first-order valence-corrected chi connectivity index (χ1v) is 6.47. The Labute approximate surface area is 103 Å². The van der Waals surface area contributed by atoms with Crippen LogP contribution in [0.4, 0.5) is 0 Å². The Morgan fingerprint density at radius 2 is 1.94 bits per heavy atom. The largest absolute Gasteiger partial charge is 0.320 e. The van der Waals surface area contributed by atoms with Crippen molar-refractivity contribution >= 4 is 10.9 Å². The normalized spacial score (nSPS) is 11.1. The molecule has 0 aliphatic heterocycles. The highest BCUT2D eigenvalue weighted by Crippen LogP contribution is 2.13. The van der Waals surface area contributed by atoms with Gasteiger partial charge in [-0.25, -0.2) is 0 Å². The molecule has 0 atom stereocenters. The number of fused-ring (bicyclic) bond motifs is 1. The molecule has 0 aliphatic carbocycles. The van der Waals surface area contributed by atoms with Crippen LogP contribution >= 0.6 is 0 Å². The predicted molar refractivity (Wildman–Crippen MR) is 72.1 cm³/mol. The summed E-state index contributed by atoms with van der Waals surface area (Å²) in [5.74, 6) is 0. The second kappa shape index (κ2) is 6.40. The summed E-state index contributed by atoms with van der Waals surface area (Å²) in [5, 5.41) is 8.85. The number of hydrogen-bond donors (Lipinski definition) is 1. The molecule has 0 saturated heterocycles. The Kier molecular flexibility index (Phi) is 4.56. The summed E-state index contributed by atoms with van der Waals surface area (Å²) >= 11 is 0. The molecule has 1 heterocycles. The van der Waals surface area contributed by atoms with Gasteiger partial charge in [0.2, 0.25) is 0 Å². The number of para-hydroxylation sites is 1. The zero-order valence-electron chi connectivity index (χ0n) is 10.5. The Hall–Kier alpha value is -1.35. The minimum absolute atomic E-state index is 1.03. The summed E-state index contributed by atoms with van der Waals surface area (Å²) in [5.41, 5.74) is 1.25. The Balaban J connectivity index is 1.79. The third-order valence-electron chi connectivity index (χ3n) is 3.10. The number of unbranched alkanes of at least 4 members (excludes halogenated alkanes) is 3. The summed E-state index contributed by atoms with van der Waals surface area (Å²) in [6.45, 7) is 2.16. The molecule has 3 nitrogen and oxygen atoms in total. The quantitative estimate of drug-likeness (QED) is 0.743. The van der Waals surface area contributed by atoms with E-state index in [1.165, 1.54) is 36.6 Å². The molecule has 0 unspecified atom stereocenters. The SMILES string of the molecule is CNCCCCCCn1ncc2ccccc21. The van der Waals surface area contributed by atoms with Crippen LogP contribution in [0.3, 0.4) is 0 Å². The second-order valence-corrected chi connectivity index (χ2v) is 4.44. The van der Waals surface area contributed by atoms with Crippen molar-refractivity contribution < 1.29 is 0 Å². The van der Waals surface area contributed by atoms with Gasteiger partial charge >= 0.3 is 0 Å². The lowest BCUT2D eigenvalue weighted by atomic mass is 10.2. The molecule has 0 fully saturated rings. The maximum absolute atomic E-state index is 4.43. The fourth-order valence-corrected chi connectivity index (χ4v) is 2.12. The number of nitrogens with zero attached hydrogens (tertiary/aromatic N) is 2. The third kappa shape index (κ3) is 3.30. The van der Waals surface area contributed by atoms with Crippen LogP contribution in [-0.4, -0.2) is 23.4 Å². The van der Waals surface area contributed by atoms with Gasteiger partial charge in [-0.15, -0.1) is 0 Å². The topological polar surface area (TPSA) is 29.9 Å². The highest BCUT2D eigenvalue weighted by molar-refractivity contribution is 5.78. The fourth-order valence-electron chi connectivity index (χ4n) is 2.12. The first-order chi connectivity index (χ1) is 8.42. The number of aromatic nitrogens is 2. The number of hydrogen-bond acceptors (Lipinski definition) is 2. The smallest absolute Gasteiger partial charge is 0.0682 e. The van der Waals surface area contributed by atoms with Crippen molar-refractivity contribution in [2.75, 3.05) is 13.6 Å². The van der Waals surface area contributed by atoms with Gasteiger partial charge in [0, 0.05) is 11.9 Å². The first kappa shape index (κ1) is 12.1. The summed E-state index contributed by atoms with van der Waals surface area (Å²) in [6.07, 6.45) is 7.04. The molecule has 2 aromatic rings. The lowest BCUT2D eigenvalue weighted by Crippen LogP contribution is -2.07. The third-order valence-corrected chi connectivity index (χ3v) is 3.10. The average Bonchev–Trinajstić information content (AvgIpc) is 2.77. The molecule has 1 aromatic heterocycles. The van der Waals surface area contributed by atoms with E-state index >= 15 is 0 Å². The van der Waals surface area contributed by atoms with Gasteiger partial charge in [-0.1, -0.05) is 31.0 Å². The Morgan fingerprint density at radius 3 is 2.82 bits per heavy atom. The highest BCUT2D eigenvalue weighted by atomic mass is 15.3. The van der Waals surface area contributed by atoms with Crippen molar-refractivity contribution in [2.24, 2.45) is 0 Å². The van der Waals surface area contributed by atoms with E-state index in [2.05, 4.69) is 39.4 Å². The van der Waals surface area contributed by atoms with Gasteiger partial charge in [0.25, 0.3) is 0 Å². The molecule has 92 valence electrons. The maximum atomic E-state index is 4.43. The lowest BCUT2D eigenvalue weighted by molar-refractivity contribution is 0.541. The zero-order chi connectivity index (χ0) is 11.9. The van der Waals surface area contributed by atoms with Crippen molar-refractivity contribution in [3.8, 4) is 0 Å². The van der Waals surface area contributed by atoms with Crippen molar-refractivity contribution in [1.82, 2.24) is 15.1 Å². The standard InChI is InChI=1S/C14H21N3/c1-15-10-6-2-3-7-11-17-14-9-5-4-8-13(14)12-16-17/h4-5,8-9,12,15H,2-3,6-7,10-11H2,1H3. The van der Waals surface area contributed by atoms with Crippen LogP contribution in [0.5, 0.6) is 0 Å². The van der Waals surface area contributed by atoms with E-state index in [-0.39, 0.29) is 0 Å². The van der Waals surface area contributed by atoms with E-state index in [4.69, 9.17) is 0 Å². The minimum Gasteiger partial charge on any atom is -0.320 e. The monoisotopic (exact) mass is 231 g/mol. The molecule has 0 bridgehead atoms. The molecule has 0 amide bonds. The van der Waals surface area contributed by atoms with Crippen LogP contribution in [0.15, 0.2) is 30.5 Å². The van der Waals surface area contributed by atoms with E-state index in [0.717, 1.165) is 13.1 Å². The second-order valence-electron chi connectivity index (χ2n) is 4.44. The molecular formula is C14H21N3. The van der Waals surface area contributed by atoms with Gasteiger partial charge in [0.05, 0.1) is 11.7 Å². The number of aryl methyl sites for hydroxylation is 1. The number of nitrogens with one attached hydrogen (secondary N) is 1. The van der Waals surface area contributed by atoms with Crippen LogP contribution in [0, 0.1) is 0 Å². The van der Waals surface area contributed by atoms with E-state index in [1.807, 2.05) is 13.2 Å². The summed E-state index contributed by atoms with van der Waals surface area (Å²) in [7, 11) is 2.01. The molecule has 1 aromatic carbocycles. The van der Waals surface area contributed by atoms with Crippen molar-refractivity contribution in [3.05, 3.63) is 30.5 Å². The predicted octanol–water partition coefficient (Wildman–Crippen LogP) is 2.82. The van der Waals surface area contributed by atoms with E-state index in [1.54, 1.807) is 0 Å². The first-order valence-electron chi connectivity index (χ1n) is 6.47. The van der Waals surface area contributed by atoms with Crippen molar-refractivity contribution in [2.45, 2.75) is 32.2 Å². The Bertz CT molecular complexity index is 447. The van der Waals surface area contributed by atoms with Gasteiger partial charge in [0.15, 0.2) is 0 Å². The molecule has 3 heteroatoms. The van der Waals surface area contributed by atoms with Crippen LogP contribution in [0.2, 0.25) is 0 Å². The van der Waals surface area contributed by atoms with Crippen molar-refractivity contribution in [3.63, 3.8) is 0 Å². The van der Waals surface area contributed by atoms with Gasteiger partial charge < -0.3 is 5.32 Å². The minimum atomic E-state index is 1.03. The number of benzene rings is 1. The highest BCUT2D eigenvalue weighted by Gasteiger charge is 2.00. The lowest BCUT2D eigenvalue weighted by Gasteiger charge is -2.03. The van der Waals surface area contributed by atoms with Crippen molar-refractivity contribution in [1.29, 1.82) is 0 Å². The molecular weight excluding hydrogens is 210 g/mol. The van der Waals surface area contributed by atoms with Crippen LogP contribution in [-0.2, 0) is 6.54 Å². The van der Waals surface area contributed by atoms with Gasteiger partial charge in [0.1, 0.15) is 0 Å². The zero-order valence-corrected chi connectivity index (χ0v) is 10.5. The average molecular weight is 231 g/mol. The molecule has 2 rings (SSSR count). The number of rotatable bonds is 7. The fraction of sp³-hybridized carbons (Fsp3) is 0.500. The summed E-state index contributed by atoms with van der Waals surface area (Å²) in [4.78, 5) is 0. The van der Waals surface area contributed by atoms with Gasteiger partial charge in [-0.3, -0.25) is 4.68 Å². The Morgan fingerprint density at radius 1 is 1.12 bits per heavy atom. The summed E-state index contributed by atoms with van der Waals surface area (Å²) < 4.78 is 2.12. The summed E-state index contributed by atoms with van der Waals surface area (Å²) in [6, 6.07) is 8.40. The molecule has 17 heavy (non-hydrogen) atoms. The van der Waals surface area contributed by atoms with E-state index in [9.17, 15) is 0 Å². The van der Waals surface area contributed by atoms with E-state index in [0.29, 0.717) is 0 Å². The van der Waals surface area contributed by atoms with Crippen LogP contribution < -0.4 is 5.32 Å². The van der Waals surface area contributed by atoms with E-state index < -0.39 is 0 Å². The molecule has 0 spiro atoms. The maximum Gasteiger partial charge on any atom is 0.0682 e. The van der Waals surface area contributed by atoms with Crippen LogP contribution in [0.1, 0.15) is 25.7 Å². The van der Waals surface area contributed by atoms with Gasteiger partial charge in [-0.05, 0) is 32.5 Å². The van der Waals surface area contributed by atoms with Crippen LogP contribution in [0.25, 0.3) is 10.9 Å². The molecule has 0 aliphatic rings. The van der Waals surface area contributed by atoms with Gasteiger partial charge in [-0.2, -0.15) is 5.10 Å². The molecule has 0 radical (unpaired) electrons.